The predicted molar refractivity (Wildman–Crippen MR) is 66.7 cm³/mol. The van der Waals surface area contributed by atoms with Gasteiger partial charge in [-0.3, -0.25) is 4.79 Å². The largest absolute Gasteiger partial charge is 0.510 e. The molecule has 1 aromatic carbocycles. The molecule has 2 rings (SSSR count). The van der Waals surface area contributed by atoms with Gasteiger partial charge in [-0.05, 0) is 17.7 Å². The smallest absolute Gasteiger partial charge is 0.258 e. The van der Waals surface area contributed by atoms with Gasteiger partial charge in [-0.15, -0.1) is 0 Å². The summed E-state index contributed by atoms with van der Waals surface area (Å²) in [7, 11) is 4.72. The lowest BCUT2D eigenvalue weighted by Crippen LogP contribution is -2.21. The molecule has 1 aliphatic rings. The quantitative estimate of drug-likeness (QED) is 0.880. The van der Waals surface area contributed by atoms with Crippen molar-refractivity contribution in [1.82, 2.24) is 4.90 Å². The molecule has 0 unspecified atom stereocenters. The van der Waals surface area contributed by atoms with E-state index in [0.29, 0.717) is 22.6 Å². The standard InChI is InChI=1S/C13H15NO4/c1-14-7-9(15)12(13(14)16)8-4-5-10(17-2)11(6-8)18-3/h4-6,15H,7H2,1-3H3. The molecule has 0 saturated carbocycles. The van der Waals surface area contributed by atoms with Crippen LogP contribution in [-0.2, 0) is 4.79 Å². The van der Waals surface area contributed by atoms with Crippen LogP contribution in [0.1, 0.15) is 5.56 Å². The number of carbonyl (C=O) groups excluding carboxylic acids is 1. The van der Waals surface area contributed by atoms with Gasteiger partial charge in [0.15, 0.2) is 11.5 Å². The summed E-state index contributed by atoms with van der Waals surface area (Å²) in [6.45, 7) is 0.239. The minimum atomic E-state index is -0.195. The fourth-order valence-electron chi connectivity index (χ4n) is 1.97. The van der Waals surface area contributed by atoms with Gasteiger partial charge in [0.1, 0.15) is 5.76 Å². The molecule has 0 spiro atoms. The van der Waals surface area contributed by atoms with Gasteiger partial charge in [-0.1, -0.05) is 6.07 Å². The van der Waals surface area contributed by atoms with Crippen LogP contribution in [0.2, 0.25) is 0 Å². The van der Waals surface area contributed by atoms with Crippen LogP contribution in [0.5, 0.6) is 11.5 Å². The van der Waals surface area contributed by atoms with Crippen LogP contribution in [0.15, 0.2) is 24.0 Å². The Balaban J connectivity index is 2.47. The van der Waals surface area contributed by atoms with Crippen LogP contribution < -0.4 is 9.47 Å². The number of nitrogens with zero attached hydrogens (tertiary/aromatic N) is 1. The van der Waals surface area contributed by atoms with Crippen LogP contribution in [0.3, 0.4) is 0 Å². The Bertz CT molecular complexity index is 522. The normalized spacial score (nSPS) is 15.3. The summed E-state index contributed by atoms with van der Waals surface area (Å²) in [4.78, 5) is 13.4. The van der Waals surface area contributed by atoms with E-state index in [4.69, 9.17) is 9.47 Å². The summed E-state index contributed by atoms with van der Waals surface area (Å²) in [5, 5.41) is 9.82. The number of benzene rings is 1. The first-order valence-electron chi connectivity index (χ1n) is 5.48. The number of methoxy groups -OCH3 is 2. The first-order valence-corrected chi connectivity index (χ1v) is 5.48. The molecular formula is C13H15NO4. The highest BCUT2D eigenvalue weighted by atomic mass is 16.5. The van der Waals surface area contributed by atoms with E-state index < -0.39 is 0 Å². The van der Waals surface area contributed by atoms with Gasteiger partial charge in [0.25, 0.3) is 5.91 Å². The predicted octanol–water partition coefficient (Wildman–Crippen LogP) is 1.44. The number of likely N-dealkylation sites (N-methyl/N-ethyl adjacent to an activating group) is 1. The van der Waals surface area contributed by atoms with Crippen molar-refractivity contribution in [2.24, 2.45) is 0 Å². The summed E-state index contributed by atoms with van der Waals surface area (Å²) < 4.78 is 10.3. The minimum absolute atomic E-state index is 0.0784. The number of rotatable bonds is 3. The third kappa shape index (κ3) is 1.88. The second kappa shape index (κ2) is 4.60. The first kappa shape index (κ1) is 12.3. The molecule has 0 aromatic heterocycles. The topological polar surface area (TPSA) is 59.0 Å². The van der Waals surface area contributed by atoms with Crippen LogP contribution in [-0.4, -0.2) is 43.7 Å². The van der Waals surface area contributed by atoms with Crippen molar-refractivity contribution in [2.75, 3.05) is 27.8 Å². The molecule has 1 aliphatic heterocycles. The monoisotopic (exact) mass is 249 g/mol. The Morgan fingerprint density at radius 3 is 2.39 bits per heavy atom. The van der Waals surface area contributed by atoms with E-state index >= 15 is 0 Å². The summed E-state index contributed by atoms with van der Waals surface area (Å²) in [5.74, 6) is 0.993. The van der Waals surface area contributed by atoms with E-state index in [1.807, 2.05) is 0 Å². The van der Waals surface area contributed by atoms with Crippen LogP contribution >= 0.6 is 0 Å². The molecule has 0 radical (unpaired) electrons. The lowest BCUT2D eigenvalue weighted by Gasteiger charge is -2.11. The van der Waals surface area contributed by atoms with Crippen molar-refractivity contribution in [3.63, 3.8) is 0 Å². The molecule has 1 aromatic rings. The Labute approximate surface area is 105 Å². The van der Waals surface area contributed by atoms with Gasteiger partial charge in [0, 0.05) is 7.05 Å². The highest BCUT2D eigenvalue weighted by Crippen LogP contribution is 2.33. The van der Waals surface area contributed by atoms with Crippen molar-refractivity contribution in [1.29, 1.82) is 0 Å². The van der Waals surface area contributed by atoms with Crippen LogP contribution in [0.25, 0.3) is 5.57 Å². The molecule has 0 aliphatic carbocycles. The number of aliphatic hydroxyl groups excluding tert-OH is 1. The maximum absolute atomic E-state index is 11.9. The third-order valence-corrected chi connectivity index (χ3v) is 2.91. The summed E-state index contributed by atoms with van der Waals surface area (Å²) in [6.07, 6.45) is 0. The third-order valence-electron chi connectivity index (χ3n) is 2.91. The molecule has 96 valence electrons. The average Bonchev–Trinajstić information content (AvgIpc) is 2.62. The minimum Gasteiger partial charge on any atom is -0.510 e. The van der Waals surface area contributed by atoms with E-state index in [2.05, 4.69) is 0 Å². The van der Waals surface area contributed by atoms with Crippen molar-refractivity contribution in [2.45, 2.75) is 0 Å². The molecule has 5 nitrogen and oxygen atoms in total. The zero-order valence-corrected chi connectivity index (χ0v) is 10.6. The Kier molecular flexibility index (Phi) is 3.14. The van der Waals surface area contributed by atoms with E-state index in [-0.39, 0.29) is 18.2 Å². The van der Waals surface area contributed by atoms with Crippen molar-refractivity contribution < 1.29 is 19.4 Å². The SMILES string of the molecule is COc1ccc(C2=C(O)CN(C)C2=O)cc1OC. The molecular weight excluding hydrogens is 234 g/mol. The molecule has 1 N–H and O–H groups in total. The maximum Gasteiger partial charge on any atom is 0.258 e. The molecule has 0 fully saturated rings. The summed E-state index contributed by atoms with van der Waals surface area (Å²) in [5.41, 5.74) is 0.943. The molecule has 18 heavy (non-hydrogen) atoms. The van der Waals surface area contributed by atoms with Crippen molar-refractivity contribution in [3.8, 4) is 11.5 Å². The van der Waals surface area contributed by atoms with E-state index in [1.54, 1.807) is 32.4 Å². The molecule has 0 bridgehead atoms. The van der Waals surface area contributed by atoms with Gasteiger partial charge in [-0.2, -0.15) is 0 Å². The van der Waals surface area contributed by atoms with E-state index in [0.717, 1.165) is 0 Å². The summed E-state index contributed by atoms with van der Waals surface area (Å²) >= 11 is 0. The number of amides is 1. The Morgan fingerprint density at radius 1 is 1.22 bits per heavy atom. The van der Waals surface area contributed by atoms with Crippen LogP contribution in [0.4, 0.5) is 0 Å². The average molecular weight is 249 g/mol. The Morgan fingerprint density at radius 2 is 1.89 bits per heavy atom. The molecule has 1 amide bonds. The van der Waals surface area contributed by atoms with Gasteiger partial charge >= 0.3 is 0 Å². The lowest BCUT2D eigenvalue weighted by molar-refractivity contribution is -0.122. The highest BCUT2D eigenvalue weighted by Gasteiger charge is 2.29. The van der Waals surface area contributed by atoms with E-state index in [9.17, 15) is 9.90 Å². The fraction of sp³-hybridized carbons (Fsp3) is 0.308. The maximum atomic E-state index is 11.9. The number of carbonyl (C=O) groups is 1. The lowest BCUT2D eigenvalue weighted by atomic mass is 10.0. The van der Waals surface area contributed by atoms with Gasteiger partial charge < -0.3 is 19.5 Å². The van der Waals surface area contributed by atoms with Gasteiger partial charge in [0.05, 0.1) is 26.3 Å². The second-order valence-corrected chi connectivity index (χ2v) is 4.05. The number of hydrogen-bond acceptors (Lipinski definition) is 4. The molecule has 1 heterocycles. The number of hydrogen-bond donors (Lipinski definition) is 1. The zero-order valence-electron chi connectivity index (χ0n) is 10.6. The fourth-order valence-corrected chi connectivity index (χ4v) is 1.97. The van der Waals surface area contributed by atoms with Gasteiger partial charge in [-0.25, -0.2) is 0 Å². The highest BCUT2D eigenvalue weighted by molar-refractivity contribution is 6.22. The number of aliphatic hydroxyl groups is 1. The van der Waals surface area contributed by atoms with E-state index in [1.165, 1.54) is 12.0 Å². The first-order chi connectivity index (χ1) is 8.58. The zero-order chi connectivity index (χ0) is 13.3. The number of ether oxygens (including phenoxy) is 2. The Hall–Kier alpha value is -2.17. The van der Waals surface area contributed by atoms with Crippen molar-refractivity contribution >= 4 is 11.5 Å². The van der Waals surface area contributed by atoms with Gasteiger partial charge in [0.2, 0.25) is 0 Å². The summed E-state index contributed by atoms with van der Waals surface area (Å²) in [6, 6.07) is 5.12. The molecule has 0 saturated heterocycles. The molecule has 5 heteroatoms. The van der Waals surface area contributed by atoms with Crippen LogP contribution in [0, 0.1) is 0 Å². The van der Waals surface area contributed by atoms with Crippen molar-refractivity contribution in [3.05, 3.63) is 29.5 Å². The molecule has 0 atom stereocenters. The second-order valence-electron chi connectivity index (χ2n) is 4.05.